The van der Waals surface area contributed by atoms with Crippen LogP contribution in [-0.4, -0.2) is 0 Å². The molecular weight excluding hydrogens is 1250 g/mol. The lowest BCUT2D eigenvalue weighted by Gasteiger charge is -2.26. The van der Waals surface area contributed by atoms with E-state index >= 15 is 0 Å². The van der Waals surface area contributed by atoms with E-state index in [1.165, 1.54) is 109 Å². The van der Waals surface area contributed by atoms with E-state index in [-0.39, 0.29) is 0 Å². The van der Waals surface area contributed by atoms with Crippen LogP contribution in [0.2, 0.25) is 0 Å². The van der Waals surface area contributed by atoms with Crippen molar-refractivity contribution in [2.24, 2.45) is 0 Å². The van der Waals surface area contributed by atoms with Gasteiger partial charge in [0.1, 0.15) is 0 Å². The number of anilines is 6. The summed E-state index contributed by atoms with van der Waals surface area (Å²) in [6.45, 7) is 0. The minimum Gasteiger partial charge on any atom is -0.311 e. The van der Waals surface area contributed by atoms with Crippen LogP contribution in [0.15, 0.2) is 376 Å². The fourth-order valence-corrected chi connectivity index (χ4v) is 15.2. The molecule has 0 atom stereocenters. The van der Waals surface area contributed by atoms with Crippen molar-refractivity contribution in [2.75, 3.05) is 9.80 Å². The highest BCUT2D eigenvalue weighted by Gasteiger charge is 2.19. The van der Waals surface area contributed by atoms with Gasteiger partial charge >= 0.3 is 0 Å². The monoisotopic (exact) mass is 1320 g/mol. The van der Waals surface area contributed by atoms with Crippen LogP contribution < -0.4 is 9.80 Å². The zero-order valence-electron chi connectivity index (χ0n) is 57.3. The molecule has 0 aromatic heterocycles. The molecule has 0 spiro atoms. The number of rotatable bonds is 16. The zero-order chi connectivity index (χ0) is 69.1. The van der Waals surface area contributed by atoms with Gasteiger partial charge in [0.25, 0.3) is 0 Å². The van der Waals surface area contributed by atoms with Crippen molar-refractivity contribution in [3.05, 3.63) is 421 Å². The van der Waals surface area contributed by atoms with Crippen molar-refractivity contribution in [1.82, 2.24) is 0 Å². The second-order valence-electron chi connectivity index (χ2n) is 26.8. The first-order valence-corrected chi connectivity index (χ1v) is 35.8. The maximum absolute atomic E-state index is 2.43. The minimum absolute atomic E-state index is 1.07. The molecule has 0 aliphatic rings. The Morgan fingerprint density at radius 1 is 0.154 bits per heavy atom. The van der Waals surface area contributed by atoms with E-state index in [1.54, 1.807) is 0 Å². The van der Waals surface area contributed by atoms with Gasteiger partial charge in [0, 0.05) is 34.1 Å². The predicted molar refractivity (Wildman–Crippen MR) is 451 cm³/mol. The Morgan fingerprint density at radius 2 is 0.365 bits per heavy atom. The van der Waals surface area contributed by atoms with Gasteiger partial charge in [-0.2, -0.15) is 0 Å². The normalized spacial score (nSPS) is 11.9. The van der Waals surface area contributed by atoms with Crippen LogP contribution >= 0.6 is 0 Å². The smallest absolute Gasteiger partial charge is 0.0462 e. The molecule has 0 unspecified atom stereocenters. The van der Waals surface area contributed by atoms with E-state index in [9.17, 15) is 0 Å². The largest absolute Gasteiger partial charge is 0.311 e. The highest BCUT2D eigenvalue weighted by atomic mass is 15.1. The summed E-state index contributed by atoms with van der Waals surface area (Å²) in [5.41, 5.74) is 20.5. The second kappa shape index (κ2) is 27.8. The standard InChI is InChI=1S/C102H70N2/c1-5-29-91-75(17-1)21-13-25-79(91)49-37-71-41-57-85(58-42-71)103(86-59-43-72(44-60-86)38-50-80-26-14-22-76-18-2-6-30-92(76)80)89-65-53-83(54-66-89)99-69-101-98-36-12-10-34-96(98)100(70-102(101)97-35-11-9-33-95(97)99)84-55-67-90(68-56-84)104(87-61-45-73(46-62-87)39-51-81-27-15-23-77-19-3-7-31-93(77)81)88-63-47-74(48-64-88)40-52-82-28-16-24-78-20-4-8-32-94(78)82/h1-70H. The van der Waals surface area contributed by atoms with Crippen LogP contribution in [-0.2, 0) is 0 Å². The summed E-state index contributed by atoms with van der Waals surface area (Å²) < 4.78 is 0. The maximum atomic E-state index is 2.43. The molecule has 18 rings (SSSR count). The predicted octanol–water partition coefficient (Wildman–Crippen LogP) is 28.7. The molecule has 104 heavy (non-hydrogen) atoms. The van der Waals surface area contributed by atoms with E-state index in [4.69, 9.17) is 0 Å². The van der Waals surface area contributed by atoms with Crippen LogP contribution in [0.25, 0.3) is 146 Å². The first kappa shape index (κ1) is 62.6. The number of hydrogen-bond acceptors (Lipinski definition) is 2. The van der Waals surface area contributed by atoms with Gasteiger partial charge in [-0.15, -0.1) is 0 Å². The van der Waals surface area contributed by atoms with Gasteiger partial charge in [-0.1, -0.05) is 340 Å². The average molecular weight is 1320 g/mol. The van der Waals surface area contributed by atoms with Crippen molar-refractivity contribution < 1.29 is 0 Å². The summed E-state index contributed by atoms with van der Waals surface area (Å²) in [4.78, 5) is 4.73. The molecule has 0 fully saturated rings. The first-order valence-electron chi connectivity index (χ1n) is 35.8. The SMILES string of the molecule is C(=Cc1cccc2ccccc12)c1ccc(N(c2ccc(C=Cc3cccc4ccccc34)cc2)c2ccc(-c3cc4c5ccccc5c(-c5ccc(N(c6ccc(C=Cc7cccc8ccccc78)cc6)c6ccc(C=Cc7cccc8ccccc78)cc6)cc5)cc4c4ccccc34)cc2)cc1. The van der Waals surface area contributed by atoms with Crippen LogP contribution in [0.3, 0.4) is 0 Å². The van der Waals surface area contributed by atoms with Crippen molar-refractivity contribution in [3.63, 3.8) is 0 Å². The summed E-state index contributed by atoms with van der Waals surface area (Å²) in [5, 5.41) is 17.2. The molecule has 0 amide bonds. The van der Waals surface area contributed by atoms with E-state index in [1.807, 2.05) is 0 Å². The fourth-order valence-electron chi connectivity index (χ4n) is 15.2. The lowest BCUT2D eigenvalue weighted by Crippen LogP contribution is -2.09. The Kier molecular flexibility index (Phi) is 16.7. The van der Waals surface area contributed by atoms with Crippen molar-refractivity contribution in [1.29, 1.82) is 0 Å². The van der Waals surface area contributed by atoms with Gasteiger partial charge in [0.2, 0.25) is 0 Å². The van der Waals surface area contributed by atoms with Gasteiger partial charge in [-0.25, -0.2) is 0 Å². The summed E-state index contributed by atoms with van der Waals surface area (Å²) in [6, 6.07) is 137. The number of hydrogen-bond donors (Lipinski definition) is 0. The molecule has 0 saturated heterocycles. The Balaban J connectivity index is 0.675. The third kappa shape index (κ3) is 12.5. The van der Waals surface area contributed by atoms with Crippen LogP contribution in [0.5, 0.6) is 0 Å². The molecular formula is C102H70N2. The zero-order valence-corrected chi connectivity index (χ0v) is 57.3. The molecule has 18 aromatic rings. The molecule has 2 nitrogen and oxygen atoms in total. The average Bonchev–Trinajstić information content (AvgIpc) is 0.730. The lowest BCUT2D eigenvalue weighted by atomic mass is 9.87. The van der Waals surface area contributed by atoms with Crippen LogP contribution in [0, 0.1) is 0 Å². The molecule has 18 aromatic carbocycles. The van der Waals surface area contributed by atoms with Crippen LogP contribution in [0.1, 0.15) is 44.5 Å². The van der Waals surface area contributed by atoms with Crippen molar-refractivity contribution >= 4 is 158 Å². The summed E-state index contributed by atoms with van der Waals surface area (Å²) in [7, 11) is 0. The molecule has 0 heterocycles. The number of benzene rings is 18. The minimum atomic E-state index is 1.07. The van der Waals surface area contributed by atoms with E-state index in [0.717, 1.165) is 67.5 Å². The van der Waals surface area contributed by atoms with E-state index < -0.39 is 0 Å². The third-order valence-electron chi connectivity index (χ3n) is 20.5. The number of nitrogens with zero attached hydrogens (tertiary/aromatic N) is 2. The summed E-state index contributed by atoms with van der Waals surface area (Å²) in [5.74, 6) is 0. The van der Waals surface area contributed by atoms with Crippen LogP contribution in [0.4, 0.5) is 34.1 Å². The molecule has 2 heteroatoms. The number of fused-ring (bicyclic) bond motifs is 9. The van der Waals surface area contributed by atoms with Gasteiger partial charge in [-0.3, -0.25) is 0 Å². The molecule has 0 saturated carbocycles. The lowest BCUT2D eigenvalue weighted by molar-refractivity contribution is 1.28. The third-order valence-corrected chi connectivity index (χ3v) is 20.5. The van der Waals surface area contributed by atoms with Gasteiger partial charge < -0.3 is 9.80 Å². The first-order chi connectivity index (χ1) is 51.5. The second-order valence-corrected chi connectivity index (χ2v) is 26.8. The van der Waals surface area contributed by atoms with Crippen molar-refractivity contribution in [3.8, 4) is 22.3 Å². The highest BCUT2D eigenvalue weighted by molar-refractivity contribution is 6.24. The molecule has 0 aliphatic heterocycles. The van der Waals surface area contributed by atoms with Gasteiger partial charge in [-0.05, 0) is 227 Å². The topological polar surface area (TPSA) is 6.48 Å². The molecule has 488 valence electrons. The Hall–Kier alpha value is -13.7. The molecule has 0 radical (unpaired) electrons. The fraction of sp³-hybridized carbons (Fsp3) is 0. The summed E-state index contributed by atoms with van der Waals surface area (Å²) in [6.07, 6.45) is 17.8. The maximum Gasteiger partial charge on any atom is 0.0462 e. The van der Waals surface area contributed by atoms with Crippen molar-refractivity contribution in [2.45, 2.75) is 0 Å². The highest BCUT2D eigenvalue weighted by Crippen LogP contribution is 2.45. The van der Waals surface area contributed by atoms with E-state index in [2.05, 4.69) is 435 Å². The Bertz CT molecular complexity index is 5680. The molecule has 0 aliphatic carbocycles. The Labute approximate surface area is 606 Å². The molecule has 0 bridgehead atoms. The Morgan fingerprint density at radius 3 is 0.625 bits per heavy atom. The van der Waals surface area contributed by atoms with Gasteiger partial charge in [0.15, 0.2) is 0 Å². The molecule has 0 N–H and O–H groups in total. The van der Waals surface area contributed by atoms with Gasteiger partial charge in [0.05, 0.1) is 0 Å². The van der Waals surface area contributed by atoms with E-state index in [0.29, 0.717) is 0 Å². The quantitative estimate of drug-likeness (QED) is 0.0703. The summed E-state index contributed by atoms with van der Waals surface area (Å²) >= 11 is 0.